The van der Waals surface area contributed by atoms with Gasteiger partial charge in [-0.2, -0.15) is 0 Å². The van der Waals surface area contributed by atoms with E-state index in [9.17, 15) is 4.79 Å². The van der Waals surface area contributed by atoms with E-state index in [0.29, 0.717) is 13.2 Å². The lowest BCUT2D eigenvalue weighted by Crippen LogP contribution is -2.24. The van der Waals surface area contributed by atoms with Crippen LogP contribution in [0.15, 0.2) is 54.6 Å². The molecular weight excluding hydrogens is 330 g/mol. The molecule has 126 valence electrons. The lowest BCUT2D eigenvalue weighted by Gasteiger charge is -2.16. The fraction of sp³-hybridized carbons (Fsp3) is 0.190. The molecule has 0 atom stereocenters. The van der Waals surface area contributed by atoms with Crippen molar-refractivity contribution >= 4 is 17.2 Å². The summed E-state index contributed by atoms with van der Waals surface area (Å²) in [6.45, 7) is 3.24. The normalized spacial score (nSPS) is 12.0. The van der Waals surface area contributed by atoms with Gasteiger partial charge in [0.15, 0.2) is 0 Å². The minimum atomic E-state index is -0.0102. The molecule has 1 aliphatic rings. The van der Waals surface area contributed by atoms with Crippen LogP contribution in [0.5, 0.6) is 5.75 Å². The third kappa shape index (κ3) is 3.30. The first-order chi connectivity index (χ1) is 12.2. The van der Waals surface area contributed by atoms with E-state index in [2.05, 4.69) is 36.5 Å². The number of aryl methyl sites for hydroxylation is 1. The molecule has 0 fully saturated rings. The Hall–Kier alpha value is -2.59. The molecule has 1 amide bonds. The minimum absolute atomic E-state index is 0.0102. The predicted molar refractivity (Wildman–Crippen MR) is 101 cm³/mol. The van der Waals surface area contributed by atoms with E-state index in [4.69, 9.17) is 4.74 Å². The third-order valence-corrected chi connectivity index (χ3v) is 5.58. The Kier molecular flexibility index (Phi) is 4.28. The van der Waals surface area contributed by atoms with Crippen LogP contribution in [0, 0.1) is 6.92 Å². The highest BCUT2D eigenvalue weighted by Gasteiger charge is 2.22. The summed E-state index contributed by atoms with van der Waals surface area (Å²) in [7, 11) is 0. The van der Waals surface area contributed by atoms with Gasteiger partial charge in [-0.25, -0.2) is 0 Å². The summed E-state index contributed by atoms with van der Waals surface area (Å²) in [5.41, 5.74) is 4.65. The van der Waals surface area contributed by atoms with E-state index in [0.717, 1.165) is 33.1 Å². The van der Waals surface area contributed by atoms with Gasteiger partial charge in [0.25, 0.3) is 5.91 Å². The van der Waals surface area contributed by atoms with Crippen LogP contribution in [0.2, 0.25) is 0 Å². The van der Waals surface area contributed by atoms with Crippen molar-refractivity contribution in [1.29, 1.82) is 0 Å². The SMILES string of the molecule is Cc1ccc(CCNC(=O)c2cc3c(s2)-c2ccccc2OC3)cc1. The number of rotatable bonds is 4. The van der Waals surface area contributed by atoms with Crippen LogP contribution in [0.4, 0.5) is 0 Å². The van der Waals surface area contributed by atoms with Crippen LogP contribution in [0.1, 0.15) is 26.4 Å². The Labute approximate surface area is 151 Å². The van der Waals surface area contributed by atoms with E-state index in [1.165, 1.54) is 11.1 Å². The second-order valence-electron chi connectivity index (χ2n) is 6.24. The van der Waals surface area contributed by atoms with Gasteiger partial charge >= 0.3 is 0 Å². The maximum Gasteiger partial charge on any atom is 0.261 e. The van der Waals surface area contributed by atoms with Crippen molar-refractivity contribution in [3.8, 4) is 16.2 Å². The van der Waals surface area contributed by atoms with Gasteiger partial charge in [-0.05, 0) is 37.1 Å². The van der Waals surface area contributed by atoms with Gasteiger partial charge in [0.2, 0.25) is 0 Å². The van der Waals surface area contributed by atoms with Crippen LogP contribution < -0.4 is 10.1 Å². The lowest BCUT2D eigenvalue weighted by molar-refractivity contribution is 0.0958. The summed E-state index contributed by atoms with van der Waals surface area (Å²) in [6, 6.07) is 18.4. The maximum absolute atomic E-state index is 12.5. The number of carbonyl (C=O) groups is 1. The molecule has 0 saturated heterocycles. The highest BCUT2D eigenvalue weighted by atomic mass is 32.1. The lowest BCUT2D eigenvalue weighted by atomic mass is 10.1. The zero-order valence-corrected chi connectivity index (χ0v) is 14.9. The molecule has 2 heterocycles. The van der Waals surface area contributed by atoms with E-state index in [1.807, 2.05) is 30.3 Å². The van der Waals surface area contributed by atoms with Crippen LogP contribution in [0.3, 0.4) is 0 Å². The molecule has 4 rings (SSSR count). The Morgan fingerprint density at radius 2 is 1.96 bits per heavy atom. The Morgan fingerprint density at radius 1 is 1.16 bits per heavy atom. The van der Waals surface area contributed by atoms with Crippen molar-refractivity contribution < 1.29 is 9.53 Å². The molecule has 0 spiro atoms. The smallest absolute Gasteiger partial charge is 0.261 e. The first kappa shape index (κ1) is 15.9. The Balaban J connectivity index is 1.44. The minimum Gasteiger partial charge on any atom is -0.488 e. The summed E-state index contributed by atoms with van der Waals surface area (Å²) in [4.78, 5) is 14.4. The van der Waals surface area contributed by atoms with Crippen molar-refractivity contribution in [3.05, 3.63) is 76.2 Å². The van der Waals surface area contributed by atoms with Crippen molar-refractivity contribution in [1.82, 2.24) is 5.32 Å². The van der Waals surface area contributed by atoms with Crippen LogP contribution >= 0.6 is 11.3 Å². The van der Waals surface area contributed by atoms with Gasteiger partial charge in [-0.1, -0.05) is 42.0 Å². The van der Waals surface area contributed by atoms with E-state index in [-0.39, 0.29) is 5.91 Å². The quantitative estimate of drug-likeness (QED) is 0.748. The van der Waals surface area contributed by atoms with E-state index >= 15 is 0 Å². The number of thiophene rings is 1. The number of hydrogen-bond donors (Lipinski definition) is 1. The van der Waals surface area contributed by atoms with Gasteiger partial charge in [-0.15, -0.1) is 11.3 Å². The highest BCUT2D eigenvalue weighted by molar-refractivity contribution is 7.17. The monoisotopic (exact) mass is 349 g/mol. The van der Waals surface area contributed by atoms with Gasteiger partial charge < -0.3 is 10.1 Å². The molecule has 2 aromatic carbocycles. The fourth-order valence-corrected chi connectivity index (χ4v) is 4.09. The molecule has 4 heteroatoms. The molecule has 0 bridgehead atoms. The molecule has 3 nitrogen and oxygen atoms in total. The average molecular weight is 349 g/mol. The van der Waals surface area contributed by atoms with Crippen LogP contribution in [-0.2, 0) is 13.0 Å². The summed E-state index contributed by atoms with van der Waals surface area (Å²) in [5.74, 6) is 0.882. The molecule has 0 aliphatic carbocycles. The maximum atomic E-state index is 12.5. The van der Waals surface area contributed by atoms with Gasteiger partial charge in [0.05, 0.1) is 4.88 Å². The first-order valence-corrected chi connectivity index (χ1v) is 9.21. The number of hydrogen-bond acceptors (Lipinski definition) is 3. The Bertz CT molecular complexity index is 912. The number of amides is 1. The summed E-state index contributed by atoms with van der Waals surface area (Å²) < 4.78 is 5.77. The second kappa shape index (κ2) is 6.73. The zero-order valence-electron chi connectivity index (χ0n) is 14.0. The molecule has 0 saturated carbocycles. The Morgan fingerprint density at radius 3 is 2.80 bits per heavy atom. The third-order valence-electron chi connectivity index (χ3n) is 4.37. The molecule has 25 heavy (non-hydrogen) atoms. The highest BCUT2D eigenvalue weighted by Crippen LogP contribution is 2.42. The number of para-hydroxylation sites is 1. The van der Waals surface area contributed by atoms with Gasteiger partial charge in [0.1, 0.15) is 12.4 Å². The van der Waals surface area contributed by atoms with Crippen molar-refractivity contribution in [2.24, 2.45) is 0 Å². The van der Waals surface area contributed by atoms with Crippen LogP contribution in [0.25, 0.3) is 10.4 Å². The summed E-state index contributed by atoms with van der Waals surface area (Å²) in [6.07, 6.45) is 0.836. The number of benzene rings is 2. The number of fused-ring (bicyclic) bond motifs is 3. The topological polar surface area (TPSA) is 38.3 Å². The average Bonchev–Trinajstić information content (AvgIpc) is 3.08. The zero-order chi connectivity index (χ0) is 17.2. The van der Waals surface area contributed by atoms with E-state index in [1.54, 1.807) is 11.3 Å². The van der Waals surface area contributed by atoms with Gasteiger partial charge in [0, 0.05) is 22.5 Å². The van der Waals surface area contributed by atoms with Crippen molar-refractivity contribution in [3.63, 3.8) is 0 Å². The van der Waals surface area contributed by atoms with Crippen molar-refractivity contribution in [2.75, 3.05) is 6.54 Å². The standard InChI is InChI=1S/C21H19NO2S/c1-14-6-8-15(9-7-14)10-11-22-21(23)19-12-16-13-24-18-5-3-2-4-17(18)20(16)25-19/h2-9,12H,10-11,13H2,1H3,(H,22,23). The largest absolute Gasteiger partial charge is 0.488 e. The fourth-order valence-electron chi connectivity index (χ4n) is 2.97. The molecule has 1 N–H and O–H groups in total. The first-order valence-electron chi connectivity index (χ1n) is 8.39. The van der Waals surface area contributed by atoms with E-state index < -0.39 is 0 Å². The molecule has 3 aromatic rings. The van der Waals surface area contributed by atoms with Crippen LogP contribution in [-0.4, -0.2) is 12.5 Å². The number of nitrogens with one attached hydrogen (secondary N) is 1. The predicted octanol–water partition coefficient (Wildman–Crippen LogP) is 4.59. The number of carbonyl (C=O) groups excluding carboxylic acids is 1. The number of ether oxygens (including phenoxy) is 1. The molecule has 0 unspecified atom stereocenters. The molecular formula is C21H19NO2S. The summed E-state index contributed by atoms with van der Waals surface area (Å²) in [5, 5.41) is 3.03. The van der Waals surface area contributed by atoms with Crippen molar-refractivity contribution in [2.45, 2.75) is 20.0 Å². The second-order valence-corrected chi connectivity index (χ2v) is 7.29. The van der Waals surface area contributed by atoms with Gasteiger partial charge in [-0.3, -0.25) is 4.79 Å². The molecule has 1 aromatic heterocycles. The summed E-state index contributed by atoms with van der Waals surface area (Å²) >= 11 is 1.54. The molecule has 1 aliphatic heterocycles. The molecule has 0 radical (unpaired) electrons.